The van der Waals surface area contributed by atoms with Crippen molar-refractivity contribution in [3.05, 3.63) is 34.9 Å². The molecule has 0 aliphatic carbocycles. The van der Waals surface area contributed by atoms with Gasteiger partial charge in [-0.15, -0.1) is 0 Å². The van der Waals surface area contributed by atoms with Gasteiger partial charge in [-0.2, -0.15) is 0 Å². The first-order chi connectivity index (χ1) is 11.2. The zero-order chi connectivity index (χ0) is 18.5. The third-order valence-corrected chi connectivity index (χ3v) is 3.28. The van der Waals surface area contributed by atoms with Crippen LogP contribution in [0.15, 0.2) is 34.9 Å². The van der Waals surface area contributed by atoms with E-state index in [0.29, 0.717) is 6.61 Å². The molecule has 1 unspecified atom stereocenters. The lowest BCUT2D eigenvalue weighted by molar-refractivity contribution is -0.157. The molecule has 0 aromatic rings. The summed E-state index contributed by atoms with van der Waals surface area (Å²) in [7, 11) is 0. The average molecular weight is 338 g/mol. The molecule has 0 radical (unpaired) electrons. The number of aliphatic hydroxyl groups excluding tert-OH is 1. The van der Waals surface area contributed by atoms with Crippen molar-refractivity contribution < 1.29 is 24.2 Å². The summed E-state index contributed by atoms with van der Waals surface area (Å²) in [6, 6.07) is 0. The van der Waals surface area contributed by atoms with Crippen molar-refractivity contribution in [2.75, 3.05) is 6.61 Å². The highest BCUT2D eigenvalue weighted by Crippen LogP contribution is 2.12. The van der Waals surface area contributed by atoms with Gasteiger partial charge in [0.2, 0.25) is 6.29 Å². The summed E-state index contributed by atoms with van der Waals surface area (Å²) in [5, 5.41) is 9.47. The molecule has 0 saturated carbocycles. The maximum atomic E-state index is 10.7. The Hall–Kier alpha value is -1.88. The largest absolute Gasteiger partial charge is 0.461 e. The number of carbonyl (C=O) groups is 2. The molecular formula is C19H30O5. The van der Waals surface area contributed by atoms with Crippen LogP contribution in [0.3, 0.4) is 0 Å². The van der Waals surface area contributed by atoms with Gasteiger partial charge in [0.15, 0.2) is 0 Å². The summed E-state index contributed by atoms with van der Waals surface area (Å²) < 4.78 is 9.57. The molecule has 5 nitrogen and oxygen atoms in total. The van der Waals surface area contributed by atoms with Gasteiger partial charge in [0.25, 0.3) is 0 Å². The quantitative estimate of drug-likeness (QED) is 0.372. The summed E-state index contributed by atoms with van der Waals surface area (Å²) in [4.78, 5) is 21.4. The molecule has 5 heteroatoms. The lowest BCUT2D eigenvalue weighted by Gasteiger charge is -2.07. The van der Waals surface area contributed by atoms with E-state index in [1.165, 1.54) is 19.4 Å². The first-order valence-electron chi connectivity index (χ1n) is 8.18. The molecule has 0 amide bonds. The van der Waals surface area contributed by atoms with Gasteiger partial charge in [0.1, 0.15) is 6.61 Å². The van der Waals surface area contributed by atoms with Crippen molar-refractivity contribution in [3.8, 4) is 0 Å². The minimum atomic E-state index is -1.17. The number of aliphatic hydroxyl groups is 1. The molecule has 0 spiro atoms. The van der Waals surface area contributed by atoms with Crippen LogP contribution >= 0.6 is 0 Å². The number of hydrogen-bond donors (Lipinski definition) is 1. The second-order valence-electron chi connectivity index (χ2n) is 5.97. The highest BCUT2D eigenvalue weighted by atomic mass is 16.6. The number of rotatable bonds is 10. The van der Waals surface area contributed by atoms with Gasteiger partial charge < -0.3 is 14.6 Å². The number of carbonyl (C=O) groups excluding carboxylic acids is 2. The summed E-state index contributed by atoms with van der Waals surface area (Å²) >= 11 is 0. The molecule has 0 aromatic heterocycles. The fourth-order valence-corrected chi connectivity index (χ4v) is 2.00. The Morgan fingerprint density at radius 2 is 1.42 bits per heavy atom. The van der Waals surface area contributed by atoms with Gasteiger partial charge in [-0.05, 0) is 58.1 Å². The van der Waals surface area contributed by atoms with E-state index < -0.39 is 12.3 Å². The first-order valence-corrected chi connectivity index (χ1v) is 8.18. The van der Waals surface area contributed by atoms with Gasteiger partial charge in [-0.25, -0.2) is 0 Å². The molecule has 0 saturated heterocycles. The van der Waals surface area contributed by atoms with Crippen molar-refractivity contribution in [2.24, 2.45) is 0 Å². The van der Waals surface area contributed by atoms with E-state index in [0.717, 1.165) is 36.8 Å². The predicted octanol–water partition coefficient (Wildman–Crippen LogP) is 3.83. The Kier molecular flexibility index (Phi) is 11.5. The summed E-state index contributed by atoms with van der Waals surface area (Å²) in [5.74, 6) is -0.764. The molecule has 0 aliphatic rings. The van der Waals surface area contributed by atoms with E-state index in [1.54, 1.807) is 6.08 Å². The van der Waals surface area contributed by atoms with Crippen LogP contribution in [0.2, 0.25) is 0 Å². The maximum absolute atomic E-state index is 10.7. The van der Waals surface area contributed by atoms with E-state index in [4.69, 9.17) is 4.74 Å². The fraction of sp³-hybridized carbons (Fsp3) is 0.579. The predicted molar refractivity (Wildman–Crippen MR) is 94.1 cm³/mol. The van der Waals surface area contributed by atoms with Gasteiger partial charge in [0, 0.05) is 13.8 Å². The normalized spacial score (nSPS) is 14.3. The van der Waals surface area contributed by atoms with Crippen LogP contribution in [0.1, 0.15) is 60.3 Å². The molecule has 0 bridgehead atoms. The molecule has 1 N–H and O–H groups in total. The SMILES string of the molecule is CC(=O)OC/C(C)=C/CC/C(C)=C/CC/C(C)=C/C(O)OC(C)=O. The van der Waals surface area contributed by atoms with Crippen LogP contribution in [0.25, 0.3) is 0 Å². The Bertz CT molecular complexity index is 500. The van der Waals surface area contributed by atoms with Crippen molar-refractivity contribution in [3.63, 3.8) is 0 Å². The zero-order valence-electron chi connectivity index (χ0n) is 15.4. The van der Waals surface area contributed by atoms with Crippen molar-refractivity contribution in [1.82, 2.24) is 0 Å². The number of esters is 2. The molecule has 0 fully saturated rings. The van der Waals surface area contributed by atoms with Crippen LogP contribution in [0.5, 0.6) is 0 Å². The van der Waals surface area contributed by atoms with Crippen LogP contribution < -0.4 is 0 Å². The Morgan fingerprint density at radius 1 is 0.875 bits per heavy atom. The molecule has 0 aromatic carbocycles. The molecule has 0 rings (SSSR count). The van der Waals surface area contributed by atoms with E-state index >= 15 is 0 Å². The van der Waals surface area contributed by atoms with Crippen molar-refractivity contribution >= 4 is 11.9 Å². The van der Waals surface area contributed by atoms with Gasteiger partial charge in [-0.1, -0.05) is 23.3 Å². The molecule has 24 heavy (non-hydrogen) atoms. The summed E-state index contributed by atoms with van der Waals surface area (Å²) in [6.45, 7) is 8.96. The first kappa shape index (κ1) is 22.1. The van der Waals surface area contributed by atoms with E-state index in [1.807, 2.05) is 13.8 Å². The monoisotopic (exact) mass is 338 g/mol. The number of ether oxygens (including phenoxy) is 2. The summed E-state index contributed by atoms with van der Waals surface area (Å²) in [6.07, 6.45) is 8.18. The van der Waals surface area contributed by atoms with E-state index in [-0.39, 0.29) is 5.97 Å². The summed E-state index contributed by atoms with van der Waals surface area (Å²) in [5.41, 5.74) is 3.32. The van der Waals surface area contributed by atoms with Crippen LogP contribution in [0.4, 0.5) is 0 Å². The second kappa shape index (κ2) is 12.5. The number of hydrogen-bond acceptors (Lipinski definition) is 5. The van der Waals surface area contributed by atoms with Gasteiger partial charge in [-0.3, -0.25) is 9.59 Å². The lowest BCUT2D eigenvalue weighted by Crippen LogP contribution is -2.12. The van der Waals surface area contributed by atoms with Crippen LogP contribution in [-0.2, 0) is 19.1 Å². The fourth-order valence-electron chi connectivity index (χ4n) is 2.00. The van der Waals surface area contributed by atoms with Crippen LogP contribution in [0, 0.1) is 0 Å². The van der Waals surface area contributed by atoms with E-state index in [9.17, 15) is 14.7 Å². The zero-order valence-corrected chi connectivity index (χ0v) is 15.4. The highest BCUT2D eigenvalue weighted by Gasteiger charge is 2.03. The number of allylic oxidation sites excluding steroid dienone is 4. The molecule has 0 heterocycles. The Balaban J connectivity index is 4.10. The Labute approximate surface area is 145 Å². The van der Waals surface area contributed by atoms with Crippen molar-refractivity contribution in [2.45, 2.75) is 66.6 Å². The minimum Gasteiger partial charge on any atom is -0.461 e. The maximum Gasteiger partial charge on any atom is 0.305 e. The molecule has 1 atom stereocenters. The average Bonchev–Trinajstić information content (AvgIpc) is 2.43. The Morgan fingerprint density at radius 3 is 1.96 bits per heavy atom. The molecular weight excluding hydrogens is 308 g/mol. The topological polar surface area (TPSA) is 72.8 Å². The molecule has 136 valence electrons. The van der Waals surface area contributed by atoms with E-state index in [2.05, 4.69) is 23.8 Å². The minimum absolute atomic E-state index is 0.263. The second-order valence-corrected chi connectivity index (χ2v) is 5.97. The van der Waals surface area contributed by atoms with Gasteiger partial charge in [0.05, 0.1) is 0 Å². The van der Waals surface area contributed by atoms with Gasteiger partial charge >= 0.3 is 11.9 Å². The smallest absolute Gasteiger partial charge is 0.305 e. The molecule has 0 aliphatic heterocycles. The van der Waals surface area contributed by atoms with Crippen molar-refractivity contribution in [1.29, 1.82) is 0 Å². The standard InChI is InChI=1S/C19H30O5/c1-14(9-7-11-16(3)13-23-17(4)20)8-6-10-15(2)12-19(22)24-18(5)21/h8,11-12,19,22H,6-7,9-10,13H2,1-5H3/b14-8+,15-12+,16-11+. The third-order valence-electron chi connectivity index (χ3n) is 3.28. The third kappa shape index (κ3) is 13.8. The lowest BCUT2D eigenvalue weighted by atomic mass is 10.1. The highest BCUT2D eigenvalue weighted by molar-refractivity contribution is 5.66. The van der Waals surface area contributed by atoms with Crippen LogP contribution in [-0.4, -0.2) is 29.9 Å².